The van der Waals surface area contributed by atoms with E-state index < -0.39 is 0 Å². The molecule has 0 aliphatic rings. The van der Waals surface area contributed by atoms with Crippen molar-refractivity contribution in [1.82, 2.24) is 5.43 Å². The van der Waals surface area contributed by atoms with Crippen molar-refractivity contribution in [3.8, 4) is 0 Å². The van der Waals surface area contributed by atoms with Crippen LogP contribution in [0.1, 0.15) is 6.92 Å². The van der Waals surface area contributed by atoms with Gasteiger partial charge in [0.05, 0.1) is 18.3 Å². The van der Waals surface area contributed by atoms with Gasteiger partial charge in [0.1, 0.15) is 0 Å². The molecule has 0 amide bonds. The highest BCUT2D eigenvalue weighted by Crippen LogP contribution is 2.25. The molecule has 0 aliphatic heterocycles. The van der Waals surface area contributed by atoms with Crippen LogP contribution in [-0.2, 0) is 4.74 Å². The van der Waals surface area contributed by atoms with Crippen molar-refractivity contribution in [1.29, 1.82) is 0 Å². The molecule has 0 heterocycles. The van der Waals surface area contributed by atoms with Crippen LogP contribution in [0.25, 0.3) is 0 Å². The zero-order valence-corrected chi connectivity index (χ0v) is 12.5. The van der Waals surface area contributed by atoms with E-state index in [1.807, 2.05) is 13.0 Å². The van der Waals surface area contributed by atoms with Crippen molar-refractivity contribution in [2.24, 2.45) is 10.8 Å². The number of nitrogens with two attached hydrogens (primary N) is 1. The topological polar surface area (TPSA) is 71.7 Å². The van der Waals surface area contributed by atoms with Gasteiger partial charge in [-0.3, -0.25) is 5.43 Å². The molecular weight excluding hydrogens is 320 g/mol. The van der Waals surface area contributed by atoms with Gasteiger partial charge in [-0.1, -0.05) is 11.6 Å². The average Bonchev–Trinajstić information content (AvgIpc) is 2.33. The number of halogens is 2. The Morgan fingerprint density at radius 1 is 1.61 bits per heavy atom. The Hall–Kier alpha value is -0.820. The SMILES string of the molecule is COCC(C)N=C(NN)Nc1cc(Cl)ccc1Br. The summed E-state index contributed by atoms with van der Waals surface area (Å²) in [7, 11) is 1.63. The summed E-state index contributed by atoms with van der Waals surface area (Å²) in [5.41, 5.74) is 3.29. The van der Waals surface area contributed by atoms with Gasteiger partial charge in [-0.05, 0) is 41.1 Å². The molecule has 18 heavy (non-hydrogen) atoms. The summed E-state index contributed by atoms with van der Waals surface area (Å²) < 4.78 is 5.88. The van der Waals surface area contributed by atoms with Crippen molar-refractivity contribution < 1.29 is 4.74 Å². The maximum absolute atomic E-state index is 5.93. The van der Waals surface area contributed by atoms with Gasteiger partial charge < -0.3 is 10.1 Å². The minimum atomic E-state index is -0.00786. The van der Waals surface area contributed by atoms with Gasteiger partial charge in [0.2, 0.25) is 5.96 Å². The number of hydrogen-bond donors (Lipinski definition) is 3. The molecule has 1 aromatic rings. The number of benzene rings is 1. The second kappa shape index (κ2) is 7.58. The Kier molecular flexibility index (Phi) is 6.42. The van der Waals surface area contributed by atoms with Crippen molar-refractivity contribution >= 4 is 39.2 Å². The third-order valence-electron chi connectivity index (χ3n) is 2.08. The molecule has 0 fully saturated rings. The summed E-state index contributed by atoms with van der Waals surface area (Å²) >= 11 is 9.34. The molecule has 0 spiro atoms. The van der Waals surface area contributed by atoms with Crippen LogP contribution in [-0.4, -0.2) is 25.7 Å². The van der Waals surface area contributed by atoms with Crippen LogP contribution in [0.5, 0.6) is 0 Å². The Labute approximate surface area is 120 Å². The molecule has 100 valence electrons. The van der Waals surface area contributed by atoms with Crippen molar-refractivity contribution in [3.05, 3.63) is 27.7 Å². The minimum absolute atomic E-state index is 0.00786. The fraction of sp³-hybridized carbons (Fsp3) is 0.364. The molecule has 1 rings (SSSR count). The van der Waals surface area contributed by atoms with Crippen LogP contribution in [0.4, 0.5) is 5.69 Å². The molecular formula is C11H16BrClN4O. The molecule has 1 atom stereocenters. The number of ether oxygens (including phenoxy) is 1. The Bertz CT molecular complexity index is 428. The first-order valence-corrected chi connectivity index (χ1v) is 6.49. The minimum Gasteiger partial charge on any atom is -0.382 e. The Morgan fingerprint density at radius 2 is 2.33 bits per heavy atom. The number of aliphatic imine (C=N–C) groups is 1. The lowest BCUT2D eigenvalue weighted by atomic mass is 10.3. The van der Waals surface area contributed by atoms with E-state index in [2.05, 4.69) is 31.7 Å². The lowest BCUT2D eigenvalue weighted by Gasteiger charge is -2.13. The molecule has 0 saturated heterocycles. The first-order chi connectivity index (χ1) is 8.56. The quantitative estimate of drug-likeness (QED) is 0.342. The molecule has 1 aromatic carbocycles. The van der Waals surface area contributed by atoms with Gasteiger partial charge in [0.25, 0.3) is 0 Å². The predicted octanol–water partition coefficient (Wildman–Crippen LogP) is 2.37. The Balaban J connectivity index is 2.82. The third-order valence-corrected chi connectivity index (χ3v) is 3.00. The third kappa shape index (κ3) is 4.81. The number of anilines is 1. The highest BCUT2D eigenvalue weighted by molar-refractivity contribution is 9.10. The molecule has 0 radical (unpaired) electrons. The predicted molar refractivity (Wildman–Crippen MR) is 78.9 cm³/mol. The van der Waals surface area contributed by atoms with Gasteiger partial charge in [-0.25, -0.2) is 10.8 Å². The molecule has 4 N–H and O–H groups in total. The van der Waals surface area contributed by atoms with E-state index >= 15 is 0 Å². The molecule has 0 aliphatic carbocycles. The fourth-order valence-corrected chi connectivity index (χ4v) is 1.84. The number of hydrogen-bond acceptors (Lipinski definition) is 3. The zero-order chi connectivity index (χ0) is 13.5. The van der Waals surface area contributed by atoms with E-state index in [0.29, 0.717) is 17.6 Å². The van der Waals surface area contributed by atoms with Crippen LogP contribution in [0.15, 0.2) is 27.7 Å². The molecule has 1 unspecified atom stereocenters. The standard InChI is InChI=1S/C11H16BrClN4O/c1-7(6-18-2)15-11(17-14)16-10-5-8(13)3-4-9(10)12/h3-5,7H,6,14H2,1-2H3,(H2,15,16,17). The van der Waals surface area contributed by atoms with Crippen LogP contribution in [0, 0.1) is 0 Å². The summed E-state index contributed by atoms with van der Waals surface area (Å²) in [6.45, 7) is 2.44. The number of methoxy groups -OCH3 is 1. The summed E-state index contributed by atoms with van der Waals surface area (Å²) in [6.07, 6.45) is 0. The van der Waals surface area contributed by atoms with Crippen LogP contribution in [0.3, 0.4) is 0 Å². The van der Waals surface area contributed by atoms with Crippen molar-refractivity contribution in [2.75, 3.05) is 19.0 Å². The number of hydrazine groups is 1. The maximum Gasteiger partial charge on any atom is 0.210 e. The van der Waals surface area contributed by atoms with E-state index in [4.69, 9.17) is 22.2 Å². The van der Waals surface area contributed by atoms with E-state index in [-0.39, 0.29) is 6.04 Å². The molecule has 5 nitrogen and oxygen atoms in total. The van der Waals surface area contributed by atoms with Gasteiger partial charge in [-0.2, -0.15) is 0 Å². The summed E-state index contributed by atoms with van der Waals surface area (Å²) in [4.78, 5) is 4.33. The zero-order valence-electron chi connectivity index (χ0n) is 10.2. The number of guanidine groups is 1. The highest BCUT2D eigenvalue weighted by atomic mass is 79.9. The summed E-state index contributed by atoms with van der Waals surface area (Å²) in [5, 5.41) is 3.68. The lowest BCUT2D eigenvalue weighted by Crippen LogP contribution is -2.37. The number of nitrogens with zero attached hydrogens (tertiary/aromatic N) is 1. The van der Waals surface area contributed by atoms with E-state index in [1.165, 1.54) is 0 Å². The van der Waals surface area contributed by atoms with Gasteiger partial charge >= 0.3 is 0 Å². The normalized spacial score (nSPS) is 13.3. The number of rotatable bonds is 4. The summed E-state index contributed by atoms with van der Waals surface area (Å²) in [6, 6.07) is 5.40. The highest BCUT2D eigenvalue weighted by Gasteiger charge is 2.06. The Morgan fingerprint density at radius 3 is 2.94 bits per heavy atom. The maximum atomic E-state index is 5.93. The monoisotopic (exact) mass is 334 g/mol. The van der Waals surface area contributed by atoms with Gasteiger partial charge in [0, 0.05) is 16.6 Å². The van der Waals surface area contributed by atoms with E-state index in [0.717, 1.165) is 10.2 Å². The smallest absolute Gasteiger partial charge is 0.210 e. The second-order valence-electron chi connectivity index (χ2n) is 3.68. The second-order valence-corrected chi connectivity index (χ2v) is 4.97. The average molecular weight is 336 g/mol. The van der Waals surface area contributed by atoms with E-state index in [9.17, 15) is 0 Å². The van der Waals surface area contributed by atoms with Gasteiger partial charge in [0.15, 0.2) is 0 Å². The lowest BCUT2D eigenvalue weighted by molar-refractivity contribution is 0.185. The van der Waals surface area contributed by atoms with Crippen LogP contribution in [0.2, 0.25) is 5.02 Å². The molecule has 0 aromatic heterocycles. The fourth-order valence-electron chi connectivity index (χ4n) is 1.33. The van der Waals surface area contributed by atoms with E-state index in [1.54, 1.807) is 19.2 Å². The van der Waals surface area contributed by atoms with Crippen molar-refractivity contribution in [2.45, 2.75) is 13.0 Å². The summed E-state index contributed by atoms with van der Waals surface area (Å²) in [5.74, 6) is 5.87. The molecule has 0 bridgehead atoms. The van der Waals surface area contributed by atoms with Crippen LogP contribution < -0.4 is 16.6 Å². The molecule has 7 heteroatoms. The largest absolute Gasteiger partial charge is 0.382 e. The first-order valence-electron chi connectivity index (χ1n) is 5.32. The first kappa shape index (κ1) is 15.2. The number of nitrogens with one attached hydrogen (secondary N) is 2. The van der Waals surface area contributed by atoms with Crippen molar-refractivity contribution in [3.63, 3.8) is 0 Å². The molecule has 0 saturated carbocycles. The van der Waals surface area contributed by atoms with Gasteiger partial charge in [-0.15, -0.1) is 0 Å². The van der Waals surface area contributed by atoms with Crippen LogP contribution >= 0.6 is 27.5 Å².